The quantitative estimate of drug-likeness (QED) is 0.467. The fourth-order valence-corrected chi connectivity index (χ4v) is 1.79. The van der Waals surface area contributed by atoms with E-state index in [1.165, 1.54) is 0 Å². The van der Waals surface area contributed by atoms with Crippen molar-refractivity contribution in [2.75, 3.05) is 0 Å². The van der Waals surface area contributed by atoms with Gasteiger partial charge >= 0.3 is 12.2 Å². The van der Waals surface area contributed by atoms with Crippen LogP contribution in [0, 0.1) is 11.8 Å². The van der Waals surface area contributed by atoms with Crippen LogP contribution in [0.3, 0.4) is 0 Å². The molecular weight excluding hydrogens is 188 g/mol. The second kappa shape index (κ2) is 3.64. The Kier molecular flexibility index (Phi) is 2.93. The highest BCUT2D eigenvalue weighted by atomic mass is 19.4. The van der Waals surface area contributed by atoms with Crippen LogP contribution in [-0.2, 0) is 4.79 Å². The fourth-order valence-electron chi connectivity index (χ4n) is 1.79. The van der Waals surface area contributed by atoms with Gasteiger partial charge in [-0.05, 0) is 12.8 Å². The summed E-state index contributed by atoms with van der Waals surface area (Å²) >= 11 is 0. The van der Waals surface area contributed by atoms with Gasteiger partial charge in [-0.2, -0.15) is 17.6 Å². The van der Waals surface area contributed by atoms with Crippen molar-refractivity contribution >= 4 is 6.04 Å². The Labute approximate surface area is 73.1 Å². The summed E-state index contributed by atoms with van der Waals surface area (Å²) in [7, 11) is 0. The monoisotopic (exact) mass is 198 g/mol. The molecule has 0 N–H and O–H groups in total. The van der Waals surface area contributed by atoms with E-state index in [1.54, 1.807) is 0 Å². The van der Waals surface area contributed by atoms with Crippen molar-refractivity contribution in [2.45, 2.75) is 31.9 Å². The van der Waals surface area contributed by atoms with E-state index in [1.807, 2.05) is 0 Å². The van der Waals surface area contributed by atoms with Gasteiger partial charge in [0.15, 0.2) is 0 Å². The molecule has 1 fully saturated rings. The van der Waals surface area contributed by atoms with Crippen molar-refractivity contribution in [1.82, 2.24) is 0 Å². The summed E-state index contributed by atoms with van der Waals surface area (Å²) < 4.78 is 48.9. The van der Waals surface area contributed by atoms with Crippen LogP contribution in [0.2, 0.25) is 0 Å². The smallest absolute Gasteiger partial charge is 0.261 e. The van der Waals surface area contributed by atoms with Gasteiger partial charge in [-0.15, -0.1) is 0 Å². The molecule has 1 saturated carbocycles. The van der Waals surface area contributed by atoms with Gasteiger partial charge < -0.3 is 0 Å². The molecule has 0 amide bonds. The number of hydrogen-bond donors (Lipinski definition) is 0. The van der Waals surface area contributed by atoms with Gasteiger partial charge in [0.1, 0.15) is 0 Å². The molecule has 1 aliphatic carbocycles. The standard InChI is InChI=1S/C8H10F4O/c9-7(13)5-3-1-2-4-6(5)8(10,11)12/h5-6H,1-4H2/t5-,6+/m1/s1. The van der Waals surface area contributed by atoms with Crippen molar-refractivity contribution in [3.63, 3.8) is 0 Å². The second-order valence-electron chi connectivity index (χ2n) is 3.34. The van der Waals surface area contributed by atoms with Crippen molar-refractivity contribution in [3.05, 3.63) is 0 Å². The number of carbonyl (C=O) groups is 1. The van der Waals surface area contributed by atoms with Gasteiger partial charge in [0.05, 0.1) is 11.8 Å². The normalized spacial score (nSPS) is 30.2. The molecule has 13 heavy (non-hydrogen) atoms. The third-order valence-corrected chi connectivity index (χ3v) is 2.48. The number of alkyl halides is 3. The molecule has 0 bridgehead atoms. The first-order valence-electron chi connectivity index (χ1n) is 4.19. The zero-order valence-corrected chi connectivity index (χ0v) is 6.90. The minimum absolute atomic E-state index is 0.0273. The van der Waals surface area contributed by atoms with Crippen molar-refractivity contribution < 1.29 is 22.4 Å². The van der Waals surface area contributed by atoms with Gasteiger partial charge in [0.25, 0.3) is 0 Å². The zero-order valence-electron chi connectivity index (χ0n) is 6.90. The van der Waals surface area contributed by atoms with E-state index in [9.17, 15) is 22.4 Å². The highest BCUT2D eigenvalue weighted by molar-refractivity contribution is 5.71. The lowest BCUT2D eigenvalue weighted by atomic mass is 9.79. The highest BCUT2D eigenvalue weighted by Crippen LogP contribution is 2.41. The molecule has 0 saturated heterocycles. The maximum absolute atomic E-state index is 12.2. The number of carbonyl (C=O) groups excluding carboxylic acids is 1. The first kappa shape index (κ1) is 10.5. The summed E-state index contributed by atoms with van der Waals surface area (Å²) in [5, 5.41) is 0. The Morgan fingerprint density at radius 2 is 1.69 bits per heavy atom. The lowest BCUT2D eigenvalue weighted by Gasteiger charge is -2.29. The van der Waals surface area contributed by atoms with E-state index >= 15 is 0 Å². The molecule has 0 unspecified atom stereocenters. The van der Waals surface area contributed by atoms with Gasteiger partial charge in [0.2, 0.25) is 0 Å². The van der Waals surface area contributed by atoms with Crippen LogP contribution in [-0.4, -0.2) is 12.2 Å². The van der Waals surface area contributed by atoms with Crippen LogP contribution < -0.4 is 0 Å². The molecule has 0 heterocycles. The maximum Gasteiger partial charge on any atom is 0.392 e. The van der Waals surface area contributed by atoms with Crippen molar-refractivity contribution in [3.8, 4) is 0 Å². The zero-order chi connectivity index (χ0) is 10.1. The van der Waals surface area contributed by atoms with E-state index in [0.717, 1.165) is 0 Å². The molecule has 0 radical (unpaired) electrons. The SMILES string of the molecule is O=C(F)[C@@H]1CCCC[C@@H]1C(F)(F)F. The molecule has 0 spiro atoms. The van der Waals surface area contributed by atoms with Crippen LogP contribution in [0.15, 0.2) is 0 Å². The predicted molar refractivity (Wildman–Crippen MR) is 37.6 cm³/mol. The Morgan fingerprint density at radius 1 is 1.15 bits per heavy atom. The van der Waals surface area contributed by atoms with E-state index in [-0.39, 0.29) is 12.8 Å². The van der Waals surface area contributed by atoms with Crippen LogP contribution in [0.4, 0.5) is 17.6 Å². The molecule has 0 aromatic carbocycles. The molecule has 0 aromatic heterocycles. The number of rotatable bonds is 1. The lowest BCUT2D eigenvalue weighted by Crippen LogP contribution is -2.35. The van der Waals surface area contributed by atoms with Crippen molar-refractivity contribution in [1.29, 1.82) is 0 Å². The molecule has 0 aromatic rings. The Hall–Kier alpha value is -0.610. The number of hydrogen-bond acceptors (Lipinski definition) is 1. The van der Waals surface area contributed by atoms with E-state index < -0.39 is 24.0 Å². The summed E-state index contributed by atoms with van der Waals surface area (Å²) in [5.41, 5.74) is 0. The average molecular weight is 198 g/mol. The minimum Gasteiger partial charge on any atom is -0.261 e. The van der Waals surface area contributed by atoms with Crippen molar-refractivity contribution in [2.24, 2.45) is 11.8 Å². The van der Waals surface area contributed by atoms with Crippen LogP contribution in [0.1, 0.15) is 25.7 Å². The first-order valence-corrected chi connectivity index (χ1v) is 4.19. The fraction of sp³-hybridized carbons (Fsp3) is 0.875. The van der Waals surface area contributed by atoms with Gasteiger partial charge in [-0.3, -0.25) is 4.79 Å². The summed E-state index contributed by atoms with van der Waals surface area (Å²) in [5.74, 6) is -3.22. The van der Waals surface area contributed by atoms with Gasteiger partial charge in [-0.25, -0.2) is 0 Å². The minimum atomic E-state index is -4.44. The van der Waals surface area contributed by atoms with E-state index in [4.69, 9.17) is 0 Å². The molecular formula is C8H10F4O. The Morgan fingerprint density at radius 3 is 2.08 bits per heavy atom. The molecule has 1 aliphatic rings. The second-order valence-corrected chi connectivity index (χ2v) is 3.34. The summed E-state index contributed by atoms with van der Waals surface area (Å²) in [4.78, 5) is 10.3. The van der Waals surface area contributed by atoms with Gasteiger partial charge in [0, 0.05) is 0 Å². The Bertz CT molecular complexity index is 199. The lowest BCUT2D eigenvalue weighted by molar-refractivity contribution is -0.200. The molecule has 76 valence electrons. The van der Waals surface area contributed by atoms with Crippen LogP contribution in [0.5, 0.6) is 0 Å². The number of halogens is 4. The molecule has 1 rings (SSSR count). The summed E-state index contributed by atoms with van der Waals surface area (Å²) in [6, 6.07) is -1.82. The summed E-state index contributed by atoms with van der Waals surface area (Å²) in [6.07, 6.45) is -3.60. The third kappa shape index (κ3) is 2.42. The topological polar surface area (TPSA) is 17.1 Å². The van der Waals surface area contributed by atoms with E-state index in [2.05, 4.69) is 0 Å². The molecule has 0 aliphatic heterocycles. The Balaban J connectivity index is 2.73. The highest BCUT2D eigenvalue weighted by Gasteiger charge is 2.48. The van der Waals surface area contributed by atoms with Crippen LogP contribution >= 0.6 is 0 Å². The average Bonchev–Trinajstić information content (AvgIpc) is 2.03. The third-order valence-electron chi connectivity index (χ3n) is 2.48. The molecule has 5 heteroatoms. The largest absolute Gasteiger partial charge is 0.392 e. The predicted octanol–water partition coefficient (Wildman–Crippen LogP) is 2.85. The summed E-state index contributed by atoms with van der Waals surface area (Å²) in [6.45, 7) is 0. The molecule has 1 nitrogen and oxygen atoms in total. The van der Waals surface area contributed by atoms with Crippen LogP contribution in [0.25, 0.3) is 0 Å². The van der Waals surface area contributed by atoms with Gasteiger partial charge in [-0.1, -0.05) is 12.8 Å². The van der Waals surface area contributed by atoms with E-state index in [0.29, 0.717) is 12.8 Å². The first-order chi connectivity index (χ1) is 5.93. The molecule has 2 atom stereocenters. The maximum atomic E-state index is 12.2.